The minimum Gasteiger partial charge on any atom is -0.258 e. The van der Waals surface area contributed by atoms with Crippen LogP contribution in [0.4, 0.5) is 0 Å². The molecule has 0 aliphatic heterocycles. The summed E-state index contributed by atoms with van der Waals surface area (Å²) in [5, 5.41) is 22.5. The topological polar surface area (TPSA) is 155 Å². The average Bonchev–Trinajstić information content (AvgIpc) is 2.53. The van der Waals surface area contributed by atoms with Crippen LogP contribution in [0.5, 0.6) is 0 Å². The minimum atomic E-state index is -4.50. The molecular formula is C12H9IN2O8S2. The van der Waals surface area contributed by atoms with Gasteiger partial charge in [-0.2, -0.15) is 0 Å². The third kappa shape index (κ3) is 3.43. The summed E-state index contributed by atoms with van der Waals surface area (Å²) in [5.74, 6) is 0. The van der Waals surface area contributed by atoms with E-state index in [0.29, 0.717) is 12.2 Å². The maximum Gasteiger partial charge on any atom is 0.482 e. The molecule has 1 aliphatic carbocycles. The van der Waals surface area contributed by atoms with Crippen molar-refractivity contribution < 1.29 is 26.7 Å². The Morgan fingerprint density at radius 1 is 1.00 bits per heavy atom. The van der Waals surface area contributed by atoms with Crippen LogP contribution in [0.2, 0.25) is 0 Å². The Labute approximate surface area is 154 Å². The van der Waals surface area contributed by atoms with Crippen molar-refractivity contribution in [2.75, 3.05) is 0 Å². The van der Waals surface area contributed by atoms with E-state index in [1.54, 1.807) is 0 Å². The normalized spacial score (nSPS) is 17.3. The van der Waals surface area contributed by atoms with E-state index in [2.05, 4.69) is 0 Å². The van der Waals surface area contributed by atoms with Crippen molar-refractivity contribution in [1.82, 2.24) is 0 Å². The van der Waals surface area contributed by atoms with Gasteiger partial charge in [0.05, 0.1) is 42.0 Å². The molecule has 0 unspecified atom stereocenters. The largest absolute Gasteiger partial charge is 0.482 e. The van der Waals surface area contributed by atoms with Crippen LogP contribution in [0.3, 0.4) is 0 Å². The molecule has 1 aliphatic rings. The van der Waals surface area contributed by atoms with Gasteiger partial charge in [-0.1, -0.05) is 18.2 Å². The summed E-state index contributed by atoms with van der Waals surface area (Å²) in [6.07, 6.45) is -0.118. The highest BCUT2D eigenvalue weighted by Crippen LogP contribution is 2.39. The number of rotatable bonds is 5. The highest BCUT2D eigenvalue weighted by atomic mass is 127. The molecule has 0 atom stereocenters. The van der Waals surface area contributed by atoms with Crippen LogP contribution in [-0.2, 0) is 16.8 Å². The SMILES string of the molecule is O=[N+]([O-])C1([N+](=O)[O-])C=CC(S(=O)(=O)I)=C(S(=O)(=O)c2ccccc2)C1. The van der Waals surface area contributed by atoms with Gasteiger partial charge in [-0.15, -0.1) is 0 Å². The van der Waals surface area contributed by atoms with Crippen LogP contribution in [0.1, 0.15) is 6.42 Å². The van der Waals surface area contributed by atoms with E-state index in [-0.39, 0.29) is 4.90 Å². The summed E-state index contributed by atoms with van der Waals surface area (Å²) in [5.41, 5.74) is -2.96. The fraction of sp³-hybridized carbons (Fsp3) is 0.167. The Balaban J connectivity index is 2.80. The molecule has 10 nitrogen and oxygen atoms in total. The molecule has 0 saturated carbocycles. The van der Waals surface area contributed by atoms with Crippen molar-refractivity contribution in [2.45, 2.75) is 17.0 Å². The molecule has 1 aromatic rings. The van der Waals surface area contributed by atoms with Crippen LogP contribution in [-0.4, -0.2) is 32.3 Å². The van der Waals surface area contributed by atoms with Gasteiger partial charge in [0.2, 0.25) is 16.8 Å². The Morgan fingerprint density at radius 2 is 1.52 bits per heavy atom. The fourth-order valence-corrected chi connectivity index (χ4v) is 6.64. The lowest BCUT2D eigenvalue weighted by Gasteiger charge is -2.21. The molecule has 0 fully saturated rings. The smallest absolute Gasteiger partial charge is 0.258 e. The lowest BCUT2D eigenvalue weighted by atomic mass is 10.0. The van der Waals surface area contributed by atoms with Crippen LogP contribution < -0.4 is 0 Å². The van der Waals surface area contributed by atoms with Crippen molar-refractivity contribution >= 4 is 38.1 Å². The zero-order valence-electron chi connectivity index (χ0n) is 12.1. The standard InChI is InChI=1S/C12H9IN2O8S2/c13-25(22,23)10-6-7-12(14(16)17,15(18)19)8-11(10)24(20,21)9-4-2-1-3-5-9/h1-7H,8H2. The second-order valence-corrected chi connectivity index (χ2v) is 11.7. The molecule has 0 heterocycles. The first-order valence-corrected chi connectivity index (χ1v) is 11.9. The van der Waals surface area contributed by atoms with E-state index in [9.17, 15) is 37.1 Å². The number of sulfone groups is 1. The molecule has 0 aromatic heterocycles. The van der Waals surface area contributed by atoms with E-state index >= 15 is 0 Å². The fourth-order valence-electron chi connectivity index (χ4n) is 2.19. The zero-order valence-corrected chi connectivity index (χ0v) is 15.9. The number of nitro groups is 2. The Kier molecular flexibility index (Phi) is 5.02. The molecule has 0 bridgehead atoms. The summed E-state index contributed by atoms with van der Waals surface area (Å²) in [4.78, 5) is 18.0. The number of benzene rings is 1. The lowest BCUT2D eigenvalue weighted by molar-refractivity contribution is -0.780. The molecular weight excluding hydrogens is 491 g/mol. The van der Waals surface area contributed by atoms with E-state index in [1.807, 2.05) is 0 Å². The van der Waals surface area contributed by atoms with Crippen molar-refractivity contribution in [3.05, 3.63) is 72.5 Å². The van der Waals surface area contributed by atoms with Gasteiger partial charge in [-0.25, -0.2) is 16.8 Å². The van der Waals surface area contributed by atoms with Crippen LogP contribution >= 0.6 is 21.2 Å². The van der Waals surface area contributed by atoms with Gasteiger partial charge in [-0.05, 0) is 18.2 Å². The van der Waals surface area contributed by atoms with Crippen molar-refractivity contribution in [1.29, 1.82) is 0 Å². The average molecular weight is 500 g/mol. The maximum absolute atomic E-state index is 12.8. The number of hydrogen-bond acceptors (Lipinski definition) is 8. The van der Waals surface area contributed by atoms with Gasteiger partial charge in [0.1, 0.15) is 16.3 Å². The summed E-state index contributed by atoms with van der Waals surface area (Å²) < 4.78 is 49.3. The van der Waals surface area contributed by atoms with Crippen LogP contribution in [0.15, 0.2) is 57.2 Å². The van der Waals surface area contributed by atoms with E-state index in [4.69, 9.17) is 0 Å². The van der Waals surface area contributed by atoms with E-state index < -0.39 is 48.6 Å². The molecule has 0 N–H and O–H groups in total. The van der Waals surface area contributed by atoms with Crippen LogP contribution in [0.25, 0.3) is 0 Å². The van der Waals surface area contributed by atoms with Gasteiger partial charge >= 0.3 is 5.66 Å². The van der Waals surface area contributed by atoms with E-state index in [0.717, 1.165) is 33.3 Å². The van der Waals surface area contributed by atoms with Crippen molar-refractivity contribution in [3.8, 4) is 0 Å². The zero-order chi connectivity index (χ0) is 19.0. The monoisotopic (exact) mass is 500 g/mol. The summed E-state index contributed by atoms with van der Waals surface area (Å²) >= 11 is 0.976. The first-order valence-electron chi connectivity index (χ1n) is 6.39. The molecule has 1 aromatic carbocycles. The summed E-state index contributed by atoms with van der Waals surface area (Å²) in [7, 11) is -8.63. The lowest BCUT2D eigenvalue weighted by Crippen LogP contribution is -2.46. The number of halogens is 1. The summed E-state index contributed by atoms with van der Waals surface area (Å²) in [6, 6.07) is 6.59. The maximum atomic E-state index is 12.8. The van der Waals surface area contributed by atoms with Gasteiger partial charge in [0.15, 0.2) is 0 Å². The minimum absolute atomic E-state index is 0.321. The van der Waals surface area contributed by atoms with Crippen molar-refractivity contribution in [3.63, 3.8) is 0 Å². The molecule has 0 spiro atoms. The van der Waals surface area contributed by atoms with Gasteiger partial charge in [0, 0.05) is 0 Å². The predicted octanol–water partition coefficient (Wildman–Crippen LogP) is 1.65. The van der Waals surface area contributed by atoms with Gasteiger partial charge < -0.3 is 0 Å². The summed E-state index contributed by atoms with van der Waals surface area (Å²) in [6.45, 7) is 0. The molecule has 13 heteroatoms. The Hall–Kier alpha value is -1.87. The second-order valence-electron chi connectivity index (χ2n) is 4.94. The Morgan fingerprint density at radius 3 is 1.96 bits per heavy atom. The number of hydrogen-bond donors (Lipinski definition) is 0. The third-order valence-electron chi connectivity index (χ3n) is 3.47. The van der Waals surface area contributed by atoms with Gasteiger partial charge in [0.25, 0.3) is 0 Å². The number of allylic oxidation sites excluding steroid dienone is 1. The quantitative estimate of drug-likeness (QED) is 0.194. The molecule has 0 radical (unpaired) electrons. The van der Waals surface area contributed by atoms with Crippen LogP contribution in [0, 0.1) is 20.2 Å². The highest BCUT2D eigenvalue weighted by Gasteiger charge is 2.58. The first kappa shape index (κ1) is 19.5. The molecule has 2 rings (SSSR count). The van der Waals surface area contributed by atoms with Gasteiger partial charge in [-0.3, -0.25) is 20.2 Å². The Bertz CT molecular complexity index is 998. The molecule has 25 heavy (non-hydrogen) atoms. The predicted molar refractivity (Wildman–Crippen MR) is 94.1 cm³/mol. The highest BCUT2D eigenvalue weighted by molar-refractivity contribution is 14.2. The third-order valence-corrected chi connectivity index (χ3v) is 7.84. The van der Waals surface area contributed by atoms with E-state index in [1.165, 1.54) is 18.2 Å². The number of nitrogens with zero attached hydrogens (tertiary/aromatic N) is 2. The van der Waals surface area contributed by atoms with Crippen molar-refractivity contribution in [2.24, 2.45) is 0 Å². The molecule has 0 amide bonds. The first-order chi connectivity index (χ1) is 11.4. The molecule has 134 valence electrons. The molecule has 0 saturated heterocycles. The second kappa shape index (κ2) is 6.45.